The lowest BCUT2D eigenvalue weighted by molar-refractivity contribution is -0.122. The van der Waals surface area contributed by atoms with Gasteiger partial charge in [0.1, 0.15) is 0 Å². The largest absolute Gasteiger partial charge is 0.393 e. The van der Waals surface area contributed by atoms with E-state index in [2.05, 4.69) is 5.32 Å². The van der Waals surface area contributed by atoms with Crippen molar-refractivity contribution in [1.82, 2.24) is 5.32 Å². The maximum atomic E-state index is 11.4. The van der Waals surface area contributed by atoms with Crippen LogP contribution in [-0.2, 0) is 4.79 Å². The van der Waals surface area contributed by atoms with Gasteiger partial charge < -0.3 is 16.2 Å². The van der Waals surface area contributed by atoms with Gasteiger partial charge in [0.05, 0.1) is 12.1 Å². The summed E-state index contributed by atoms with van der Waals surface area (Å²) in [7, 11) is 0. The molecular weight excluding hydrogens is 192 g/mol. The fraction of sp³-hybridized carbons (Fsp3) is 0.909. The third-order valence-electron chi connectivity index (χ3n) is 3.18. The summed E-state index contributed by atoms with van der Waals surface area (Å²) in [6.07, 6.45) is 4.51. The quantitative estimate of drug-likeness (QED) is 0.633. The average Bonchev–Trinajstić information content (AvgIpc) is 2.26. The van der Waals surface area contributed by atoms with Crippen LogP contribution in [0.3, 0.4) is 0 Å². The minimum absolute atomic E-state index is 0.102. The lowest BCUT2D eigenvalue weighted by atomic mass is 9.86. The van der Waals surface area contributed by atoms with E-state index in [1.807, 2.05) is 6.92 Å². The molecule has 0 aromatic rings. The van der Waals surface area contributed by atoms with Crippen LogP contribution in [0.15, 0.2) is 0 Å². The first-order valence-electron chi connectivity index (χ1n) is 5.86. The lowest BCUT2D eigenvalue weighted by Gasteiger charge is -2.27. The topological polar surface area (TPSA) is 75.4 Å². The Hall–Kier alpha value is -0.610. The molecule has 1 saturated carbocycles. The van der Waals surface area contributed by atoms with Crippen molar-refractivity contribution in [3.05, 3.63) is 0 Å². The summed E-state index contributed by atoms with van der Waals surface area (Å²) in [5, 5.41) is 12.5. The van der Waals surface area contributed by atoms with Gasteiger partial charge in [0.25, 0.3) is 0 Å². The predicted molar refractivity (Wildman–Crippen MR) is 59.2 cm³/mol. The molecule has 0 heterocycles. The van der Waals surface area contributed by atoms with Crippen LogP contribution in [0.1, 0.15) is 39.0 Å². The number of rotatable bonds is 4. The first-order valence-corrected chi connectivity index (χ1v) is 5.86. The number of nitrogens with one attached hydrogen (secondary N) is 1. The van der Waals surface area contributed by atoms with Gasteiger partial charge in [-0.15, -0.1) is 0 Å². The fourth-order valence-electron chi connectivity index (χ4n) is 1.97. The van der Waals surface area contributed by atoms with E-state index in [0.29, 0.717) is 13.0 Å². The maximum Gasteiger partial charge on any atom is 0.236 e. The Morgan fingerprint density at radius 2 is 2.20 bits per heavy atom. The third kappa shape index (κ3) is 3.80. The van der Waals surface area contributed by atoms with Crippen LogP contribution in [-0.4, -0.2) is 29.7 Å². The zero-order valence-electron chi connectivity index (χ0n) is 9.41. The van der Waals surface area contributed by atoms with E-state index in [4.69, 9.17) is 5.73 Å². The van der Waals surface area contributed by atoms with Gasteiger partial charge in [0, 0.05) is 12.5 Å². The number of nitrogens with two attached hydrogens (primary N) is 1. The molecular formula is C11H22N2O2. The second-order valence-corrected chi connectivity index (χ2v) is 4.37. The van der Waals surface area contributed by atoms with Crippen molar-refractivity contribution in [3.8, 4) is 0 Å². The summed E-state index contributed by atoms with van der Waals surface area (Å²) in [4.78, 5) is 11.4. The minimum atomic E-state index is -0.411. The van der Waals surface area contributed by atoms with E-state index < -0.39 is 6.04 Å². The van der Waals surface area contributed by atoms with Gasteiger partial charge in [0.2, 0.25) is 5.91 Å². The van der Waals surface area contributed by atoms with Crippen molar-refractivity contribution >= 4 is 5.91 Å². The average molecular weight is 214 g/mol. The molecule has 0 saturated heterocycles. The zero-order chi connectivity index (χ0) is 11.3. The van der Waals surface area contributed by atoms with Crippen LogP contribution in [0, 0.1) is 5.92 Å². The Kier molecular flexibility index (Phi) is 5.05. The Bertz CT molecular complexity index is 209. The molecule has 1 fully saturated rings. The molecule has 15 heavy (non-hydrogen) atoms. The summed E-state index contributed by atoms with van der Waals surface area (Å²) < 4.78 is 0. The Morgan fingerprint density at radius 1 is 1.53 bits per heavy atom. The second-order valence-electron chi connectivity index (χ2n) is 4.37. The first-order chi connectivity index (χ1) is 7.15. The van der Waals surface area contributed by atoms with Crippen molar-refractivity contribution in [3.63, 3.8) is 0 Å². The molecule has 0 aliphatic heterocycles. The highest BCUT2D eigenvalue weighted by atomic mass is 16.3. The number of carbonyl (C=O) groups excluding carboxylic acids is 1. The van der Waals surface area contributed by atoms with Crippen LogP contribution >= 0.6 is 0 Å². The fourth-order valence-corrected chi connectivity index (χ4v) is 1.97. The van der Waals surface area contributed by atoms with Crippen molar-refractivity contribution in [2.24, 2.45) is 11.7 Å². The highest BCUT2D eigenvalue weighted by molar-refractivity contribution is 5.81. The van der Waals surface area contributed by atoms with Gasteiger partial charge >= 0.3 is 0 Å². The van der Waals surface area contributed by atoms with Gasteiger partial charge in [-0.25, -0.2) is 0 Å². The standard InChI is InChI=1S/C11H22N2O2/c1-2-9(12)11(15)13-7-8-5-3-4-6-10(8)14/h8-10,14H,2-7,12H2,1H3,(H,13,15)/t8?,9-,10?/m1/s1. The van der Waals surface area contributed by atoms with Crippen LogP contribution < -0.4 is 11.1 Å². The van der Waals surface area contributed by atoms with Gasteiger partial charge in [-0.3, -0.25) is 4.79 Å². The predicted octanol–water partition coefficient (Wildman–Crippen LogP) is 0.391. The van der Waals surface area contributed by atoms with Gasteiger partial charge in [-0.1, -0.05) is 19.8 Å². The number of carbonyl (C=O) groups is 1. The Labute approximate surface area is 91.2 Å². The maximum absolute atomic E-state index is 11.4. The summed E-state index contributed by atoms with van der Waals surface area (Å²) in [6, 6.07) is -0.411. The molecule has 0 spiro atoms. The molecule has 88 valence electrons. The van der Waals surface area contributed by atoms with Crippen molar-refractivity contribution < 1.29 is 9.90 Å². The Morgan fingerprint density at radius 3 is 2.80 bits per heavy atom. The molecule has 0 aromatic carbocycles. The van der Waals surface area contributed by atoms with E-state index in [1.165, 1.54) is 0 Å². The van der Waals surface area contributed by atoms with Crippen molar-refractivity contribution in [2.75, 3.05) is 6.54 Å². The molecule has 1 rings (SSSR count). The molecule has 1 amide bonds. The van der Waals surface area contributed by atoms with Gasteiger partial charge in [-0.05, 0) is 19.3 Å². The van der Waals surface area contributed by atoms with Crippen LogP contribution in [0.25, 0.3) is 0 Å². The molecule has 1 aliphatic rings. The molecule has 0 bridgehead atoms. The van der Waals surface area contributed by atoms with E-state index >= 15 is 0 Å². The van der Waals surface area contributed by atoms with E-state index in [9.17, 15) is 9.90 Å². The number of aliphatic hydroxyl groups excluding tert-OH is 1. The number of hydrogen-bond acceptors (Lipinski definition) is 3. The molecule has 2 unspecified atom stereocenters. The summed E-state index contributed by atoms with van der Waals surface area (Å²) in [5.74, 6) is 0.113. The van der Waals surface area contributed by atoms with Crippen molar-refractivity contribution in [1.29, 1.82) is 0 Å². The summed E-state index contributed by atoms with van der Waals surface area (Å²) in [6.45, 7) is 2.45. The molecule has 3 atom stereocenters. The zero-order valence-corrected chi connectivity index (χ0v) is 9.41. The van der Waals surface area contributed by atoms with Crippen LogP contribution in [0.5, 0.6) is 0 Å². The van der Waals surface area contributed by atoms with Crippen LogP contribution in [0.4, 0.5) is 0 Å². The number of hydrogen-bond donors (Lipinski definition) is 3. The third-order valence-corrected chi connectivity index (χ3v) is 3.18. The van der Waals surface area contributed by atoms with Crippen LogP contribution in [0.2, 0.25) is 0 Å². The van der Waals surface area contributed by atoms with E-state index in [1.54, 1.807) is 0 Å². The summed E-state index contributed by atoms with van der Waals surface area (Å²) >= 11 is 0. The highest BCUT2D eigenvalue weighted by Gasteiger charge is 2.23. The number of aliphatic hydroxyl groups is 1. The summed E-state index contributed by atoms with van der Waals surface area (Å²) in [5.41, 5.74) is 5.59. The molecule has 1 aliphatic carbocycles. The SMILES string of the molecule is CC[C@@H](N)C(=O)NCC1CCCCC1O. The minimum Gasteiger partial charge on any atom is -0.393 e. The van der Waals surface area contributed by atoms with E-state index in [0.717, 1.165) is 25.7 Å². The lowest BCUT2D eigenvalue weighted by Crippen LogP contribution is -2.44. The van der Waals surface area contributed by atoms with E-state index in [-0.39, 0.29) is 17.9 Å². The molecule has 0 radical (unpaired) electrons. The second kappa shape index (κ2) is 6.08. The molecule has 4 nitrogen and oxygen atoms in total. The Balaban J connectivity index is 2.26. The number of amides is 1. The molecule has 4 N–H and O–H groups in total. The molecule has 4 heteroatoms. The highest BCUT2D eigenvalue weighted by Crippen LogP contribution is 2.23. The smallest absolute Gasteiger partial charge is 0.236 e. The normalized spacial score (nSPS) is 28.5. The monoisotopic (exact) mass is 214 g/mol. The van der Waals surface area contributed by atoms with Crippen molar-refractivity contribution in [2.45, 2.75) is 51.2 Å². The van der Waals surface area contributed by atoms with Gasteiger partial charge in [0.15, 0.2) is 0 Å². The van der Waals surface area contributed by atoms with Gasteiger partial charge in [-0.2, -0.15) is 0 Å². The molecule has 0 aromatic heterocycles. The first kappa shape index (κ1) is 12.5.